The van der Waals surface area contributed by atoms with Gasteiger partial charge in [0.15, 0.2) is 11.5 Å². The third-order valence-corrected chi connectivity index (χ3v) is 3.91. The zero-order valence-electron chi connectivity index (χ0n) is 16.2. The SMILES string of the molecule is COc1cc(OC)c(OC)cc1CNC(=O)CNC(=O)C=Cc1ccccc1. The molecule has 0 radical (unpaired) electrons. The molecule has 2 amide bonds. The van der Waals surface area contributed by atoms with Crippen LogP contribution in [0.3, 0.4) is 0 Å². The van der Waals surface area contributed by atoms with E-state index in [2.05, 4.69) is 10.6 Å². The lowest BCUT2D eigenvalue weighted by Crippen LogP contribution is -2.35. The highest BCUT2D eigenvalue weighted by molar-refractivity contribution is 5.94. The highest BCUT2D eigenvalue weighted by atomic mass is 16.5. The maximum atomic E-state index is 12.0. The topological polar surface area (TPSA) is 85.9 Å². The van der Waals surface area contributed by atoms with Gasteiger partial charge in [0.25, 0.3) is 0 Å². The first-order valence-electron chi connectivity index (χ1n) is 8.64. The van der Waals surface area contributed by atoms with Crippen LogP contribution >= 0.6 is 0 Å². The molecule has 2 aromatic rings. The Morgan fingerprint density at radius 2 is 1.54 bits per heavy atom. The minimum Gasteiger partial charge on any atom is -0.496 e. The van der Waals surface area contributed by atoms with E-state index in [1.807, 2.05) is 30.3 Å². The predicted octanol–water partition coefficient (Wildman–Crippen LogP) is 2.16. The van der Waals surface area contributed by atoms with Gasteiger partial charge in [0.05, 0.1) is 27.9 Å². The van der Waals surface area contributed by atoms with E-state index in [-0.39, 0.29) is 24.9 Å². The monoisotopic (exact) mass is 384 g/mol. The molecule has 0 fully saturated rings. The normalized spacial score (nSPS) is 10.4. The van der Waals surface area contributed by atoms with E-state index >= 15 is 0 Å². The summed E-state index contributed by atoms with van der Waals surface area (Å²) in [5, 5.41) is 5.28. The number of nitrogens with one attached hydrogen (secondary N) is 2. The number of rotatable bonds is 9. The summed E-state index contributed by atoms with van der Waals surface area (Å²) >= 11 is 0. The lowest BCUT2D eigenvalue weighted by Gasteiger charge is -2.14. The lowest BCUT2D eigenvalue weighted by molar-refractivity contribution is -0.124. The average Bonchev–Trinajstić information content (AvgIpc) is 2.74. The molecule has 0 bridgehead atoms. The summed E-state index contributed by atoms with van der Waals surface area (Å²) in [5.74, 6) is 0.965. The van der Waals surface area contributed by atoms with Crippen LogP contribution in [0.2, 0.25) is 0 Å². The number of carbonyl (C=O) groups is 2. The summed E-state index contributed by atoms with van der Waals surface area (Å²) in [4.78, 5) is 23.8. The summed E-state index contributed by atoms with van der Waals surface area (Å²) in [6, 6.07) is 12.9. The molecular formula is C21H24N2O5. The molecule has 148 valence electrons. The summed E-state index contributed by atoms with van der Waals surface area (Å²) < 4.78 is 15.8. The Morgan fingerprint density at radius 1 is 0.893 bits per heavy atom. The van der Waals surface area contributed by atoms with Crippen molar-refractivity contribution in [1.82, 2.24) is 10.6 Å². The van der Waals surface area contributed by atoms with Crippen LogP contribution in [0.4, 0.5) is 0 Å². The van der Waals surface area contributed by atoms with Gasteiger partial charge in [0.2, 0.25) is 11.8 Å². The molecule has 0 aliphatic heterocycles. The van der Waals surface area contributed by atoms with Gasteiger partial charge in [-0.05, 0) is 17.7 Å². The Morgan fingerprint density at radius 3 is 2.18 bits per heavy atom. The Labute approximate surface area is 164 Å². The van der Waals surface area contributed by atoms with Gasteiger partial charge >= 0.3 is 0 Å². The molecule has 0 saturated heterocycles. The molecule has 28 heavy (non-hydrogen) atoms. The smallest absolute Gasteiger partial charge is 0.244 e. The van der Waals surface area contributed by atoms with Crippen LogP contribution in [-0.4, -0.2) is 39.7 Å². The molecule has 2 rings (SSSR count). The minimum absolute atomic E-state index is 0.131. The van der Waals surface area contributed by atoms with Gasteiger partial charge < -0.3 is 24.8 Å². The van der Waals surface area contributed by atoms with Crippen molar-refractivity contribution < 1.29 is 23.8 Å². The van der Waals surface area contributed by atoms with Gasteiger partial charge in [-0.1, -0.05) is 30.3 Å². The lowest BCUT2D eigenvalue weighted by atomic mass is 10.1. The number of hydrogen-bond donors (Lipinski definition) is 2. The predicted molar refractivity (Wildman–Crippen MR) is 106 cm³/mol. The van der Waals surface area contributed by atoms with Crippen molar-refractivity contribution in [2.24, 2.45) is 0 Å². The van der Waals surface area contributed by atoms with Crippen molar-refractivity contribution in [1.29, 1.82) is 0 Å². The number of methoxy groups -OCH3 is 3. The summed E-state index contributed by atoms with van der Waals surface area (Å²) in [7, 11) is 4.60. The first-order chi connectivity index (χ1) is 13.6. The van der Waals surface area contributed by atoms with Gasteiger partial charge in [-0.25, -0.2) is 0 Å². The van der Waals surface area contributed by atoms with E-state index < -0.39 is 0 Å². The fourth-order valence-electron chi connectivity index (χ4n) is 2.45. The third-order valence-electron chi connectivity index (χ3n) is 3.91. The quantitative estimate of drug-likeness (QED) is 0.647. The molecule has 0 heterocycles. The Kier molecular flexibility index (Phi) is 7.90. The highest BCUT2D eigenvalue weighted by Gasteiger charge is 2.13. The van der Waals surface area contributed by atoms with E-state index in [1.54, 1.807) is 18.2 Å². The van der Waals surface area contributed by atoms with Crippen LogP contribution in [0.25, 0.3) is 6.08 Å². The van der Waals surface area contributed by atoms with E-state index in [9.17, 15) is 9.59 Å². The molecule has 0 atom stereocenters. The Balaban J connectivity index is 1.87. The number of hydrogen-bond acceptors (Lipinski definition) is 5. The number of carbonyl (C=O) groups excluding carboxylic acids is 2. The zero-order chi connectivity index (χ0) is 20.4. The number of ether oxygens (including phenoxy) is 3. The van der Waals surface area contributed by atoms with Crippen molar-refractivity contribution in [3.8, 4) is 17.2 Å². The molecule has 7 heteroatoms. The molecule has 7 nitrogen and oxygen atoms in total. The van der Waals surface area contributed by atoms with Crippen LogP contribution in [0, 0.1) is 0 Å². The first-order valence-corrected chi connectivity index (χ1v) is 8.64. The average molecular weight is 384 g/mol. The molecule has 0 aromatic heterocycles. The van der Waals surface area contributed by atoms with Gasteiger partial charge in [0.1, 0.15) is 5.75 Å². The van der Waals surface area contributed by atoms with Crippen LogP contribution < -0.4 is 24.8 Å². The molecule has 0 spiro atoms. The van der Waals surface area contributed by atoms with Crippen LogP contribution in [-0.2, 0) is 16.1 Å². The van der Waals surface area contributed by atoms with Crippen molar-refractivity contribution in [3.63, 3.8) is 0 Å². The van der Waals surface area contributed by atoms with Crippen LogP contribution in [0.1, 0.15) is 11.1 Å². The Hall–Kier alpha value is -3.48. The van der Waals surface area contributed by atoms with Gasteiger partial charge in [-0.2, -0.15) is 0 Å². The molecule has 0 saturated carbocycles. The van der Waals surface area contributed by atoms with Gasteiger partial charge in [-0.15, -0.1) is 0 Å². The highest BCUT2D eigenvalue weighted by Crippen LogP contribution is 2.34. The summed E-state index contributed by atoms with van der Waals surface area (Å²) in [6.07, 6.45) is 3.07. The number of benzene rings is 2. The maximum Gasteiger partial charge on any atom is 0.244 e. The number of amides is 2. The second-order valence-electron chi connectivity index (χ2n) is 5.76. The van der Waals surface area contributed by atoms with E-state index in [0.717, 1.165) is 11.1 Å². The molecule has 0 aliphatic carbocycles. The summed E-state index contributed by atoms with van der Waals surface area (Å²) in [6.45, 7) is 0.0889. The molecule has 0 unspecified atom stereocenters. The molecule has 2 N–H and O–H groups in total. The van der Waals surface area contributed by atoms with Gasteiger partial charge in [-0.3, -0.25) is 9.59 Å². The maximum absolute atomic E-state index is 12.0. The largest absolute Gasteiger partial charge is 0.496 e. The standard InChI is InChI=1S/C21H24N2O5/c1-26-17-12-19(28-3)18(27-2)11-16(17)13-22-21(25)14-23-20(24)10-9-15-7-5-4-6-8-15/h4-12H,13-14H2,1-3H3,(H,22,25)(H,23,24). The summed E-state index contributed by atoms with van der Waals surface area (Å²) in [5.41, 5.74) is 1.63. The fraction of sp³-hybridized carbons (Fsp3) is 0.238. The molecule has 2 aromatic carbocycles. The van der Waals surface area contributed by atoms with Crippen molar-refractivity contribution in [2.75, 3.05) is 27.9 Å². The van der Waals surface area contributed by atoms with Crippen molar-refractivity contribution in [2.45, 2.75) is 6.54 Å². The van der Waals surface area contributed by atoms with Crippen molar-refractivity contribution in [3.05, 3.63) is 59.7 Å². The second-order valence-corrected chi connectivity index (χ2v) is 5.76. The van der Waals surface area contributed by atoms with E-state index in [0.29, 0.717) is 17.2 Å². The first kappa shape index (κ1) is 20.8. The molecule has 0 aliphatic rings. The second kappa shape index (κ2) is 10.6. The van der Waals surface area contributed by atoms with Crippen LogP contribution in [0.5, 0.6) is 17.2 Å². The van der Waals surface area contributed by atoms with E-state index in [1.165, 1.54) is 27.4 Å². The van der Waals surface area contributed by atoms with Gasteiger partial charge in [0, 0.05) is 24.3 Å². The zero-order valence-corrected chi connectivity index (χ0v) is 16.2. The fourth-order valence-corrected chi connectivity index (χ4v) is 2.45. The Bertz CT molecular complexity index is 834. The van der Waals surface area contributed by atoms with Crippen molar-refractivity contribution >= 4 is 17.9 Å². The molecular weight excluding hydrogens is 360 g/mol. The minimum atomic E-state index is -0.345. The van der Waals surface area contributed by atoms with Crippen LogP contribution in [0.15, 0.2) is 48.5 Å². The van der Waals surface area contributed by atoms with E-state index in [4.69, 9.17) is 14.2 Å². The third kappa shape index (κ3) is 6.05.